The number of para-hydroxylation sites is 1. The molecule has 4 rings (SSSR count). The predicted molar refractivity (Wildman–Crippen MR) is 112 cm³/mol. The average molecular weight is 392 g/mol. The molecule has 5 heteroatoms. The Balaban J connectivity index is 1.33. The lowest BCUT2D eigenvalue weighted by atomic mass is 9.81. The molecule has 0 aromatic heterocycles. The molecule has 1 aliphatic heterocycles. The van der Waals surface area contributed by atoms with Crippen LogP contribution in [0.4, 0.5) is 4.79 Å². The normalized spacial score (nSPS) is 19.2. The van der Waals surface area contributed by atoms with Gasteiger partial charge in [0.1, 0.15) is 5.75 Å². The fourth-order valence-corrected chi connectivity index (χ4v) is 4.41. The Labute approximate surface area is 172 Å². The maximum atomic E-state index is 13.0. The van der Waals surface area contributed by atoms with Crippen LogP contribution in [0.5, 0.6) is 5.75 Å². The molecule has 1 fully saturated rings. The highest BCUT2D eigenvalue weighted by molar-refractivity contribution is 5.77. The number of rotatable bonds is 3. The first-order valence-electron chi connectivity index (χ1n) is 10.6. The first kappa shape index (κ1) is 19.5. The molecule has 0 saturated carbocycles. The van der Waals surface area contributed by atoms with Crippen molar-refractivity contribution in [2.75, 3.05) is 26.2 Å². The molecule has 0 N–H and O–H groups in total. The molecule has 5 nitrogen and oxygen atoms in total. The summed E-state index contributed by atoms with van der Waals surface area (Å²) in [5, 5.41) is 0. The van der Waals surface area contributed by atoms with Gasteiger partial charge in [-0.3, -0.25) is 4.79 Å². The van der Waals surface area contributed by atoms with Gasteiger partial charge in [0.2, 0.25) is 5.91 Å². The van der Waals surface area contributed by atoms with Crippen LogP contribution in [-0.4, -0.2) is 48.0 Å². The van der Waals surface area contributed by atoms with Crippen molar-refractivity contribution in [3.63, 3.8) is 0 Å². The third-order valence-corrected chi connectivity index (χ3v) is 5.97. The van der Waals surface area contributed by atoms with Crippen molar-refractivity contribution in [3.05, 3.63) is 65.7 Å². The van der Waals surface area contributed by atoms with Crippen LogP contribution in [0.15, 0.2) is 54.6 Å². The Morgan fingerprint density at radius 2 is 1.59 bits per heavy atom. The largest absolute Gasteiger partial charge is 0.415 e. The second-order valence-electron chi connectivity index (χ2n) is 7.89. The van der Waals surface area contributed by atoms with Gasteiger partial charge in [-0.15, -0.1) is 0 Å². The smallest absolute Gasteiger partial charge is 0.410 e. The van der Waals surface area contributed by atoms with Crippen molar-refractivity contribution in [3.8, 4) is 5.75 Å². The maximum absolute atomic E-state index is 13.0. The SMILES string of the molecule is O=C(CC1CCCc2ccccc21)N1CCCN(C(=O)Oc2ccccc2)CC1. The molecule has 0 spiro atoms. The number of hydrogen-bond donors (Lipinski definition) is 0. The number of nitrogens with zero attached hydrogens (tertiary/aromatic N) is 2. The number of carbonyl (C=O) groups is 2. The Morgan fingerprint density at radius 3 is 2.45 bits per heavy atom. The van der Waals surface area contributed by atoms with Gasteiger partial charge in [-0.25, -0.2) is 4.79 Å². The van der Waals surface area contributed by atoms with Gasteiger partial charge in [-0.2, -0.15) is 0 Å². The minimum absolute atomic E-state index is 0.199. The van der Waals surface area contributed by atoms with Crippen molar-refractivity contribution in [1.82, 2.24) is 9.80 Å². The molecule has 29 heavy (non-hydrogen) atoms. The predicted octanol–water partition coefficient (Wildman–Crippen LogP) is 4.23. The molecule has 2 aliphatic rings. The molecule has 1 saturated heterocycles. The number of hydrogen-bond acceptors (Lipinski definition) is 3. The fourth-order valence-electron chi connectivity index (χ4n) is 4.41. The Morgan fingerprint density at radius 1 is 0.862 bits per heavy atom. The summed E-state index contributed by atoms with van der Waals surface area (Å²) in [6.07, 6.45) is 4.33. The van der Waals surface area contributed by atoms with E-state index in [1.807, 2.05) is 23.1 Å². The lowest BCUT2D eigenvalue weighted by molar-refractivity contribution is -0.131. The number of benzene rings is 2. The van der Waals surface area contributed by atoms with Crippen LogP contribution >= 0.6 is 0 Å². The molecule has 0 bridgehead atoms. The number of carbonyl (C=O) groups excluding carboxylic acids is 2. The lowest BCUT2D eigenvalue weighted by Crippen LogP contribution is -2.39. The van der Waals surface area contributed by atoms with Crippen molar-refractivity contribution in [1.29, 1.82) is 0 Å². The van der Waals surface area contributed by atoms with Gasteiger partial charge in [0, 0.05) is 32.6 Å². The van der Waals surface area contributed by atoms with Gasteiger partial charge < -0.3 is 14.5 Å². The van der Waals surface area contributed by atoms with Gasteiger partial charge in [-0.05, 0) is 54.9 Å². The van der Waals surface area contributed by atoms with Crippen LogP contribution in [0.2, 0.25) is 0 Å². The van der Waals surface area contributed by atoms with Crippen molar-refractivity contribution in [2.45, 2.75) is 38.0 Å². The van der Waals surface area contributed by atoms with Crippen molar-refractivity contribution < 1.29 is 14.3 Å². The van der Waals surface area contributed by atoms with Crippen molar-refractivity contribution >= 4 is 12.0 Å². The van der Waals surface area contributed by atoms with E-state index >= 15 is 0 Å². The van der Waals surface area contributed by atoms with Crippen LogP contribution in [-0.2, 0) is 11.2 Å². The van der Waals surface area contributed by atoms with Gasteiger partial charge in [0.25, 0.3) is 0 Å². The van der Waals surface area contributed by atoms with E-state index in [0.717, 1.165) is 25.7 Å². The molecule has 2 aromatic rings. The Bertz CT molecular complexity index is 852. The van der Waals surface area contributed by atoms with E-state index in [0.29, 0.717) is 44.3 Å². The molecular formula is C24H28N2O3. The molecular weight excluding hydrogens is 364 g/mol. The van der Waals surface area contributed by atoms with Gasteiger partial charge in [-0.1, -0.05) is 42.5 Å². The maximum Gasteiger partial charge on any atom is 0.415 e. The second-order valence-corrected chi connectivity index (χ2v) is 7.89. The fraction of sp³-hybridized carbons (Fsp3) is 0.417. The van der Waals surface area contributed by atoms with E-state index in [1.165, 1.54) is 11.1 Å². The van der Waals surface area contributed by atoms with Gasteiger partial charge in [0.15, 0.2) is 0 Å². The highest BCUT2D eigenvalue weighted by Gasteiger charge is 2.27. The lowest BCUT2D eigenvalue weighted by Gasteiger charge is -2.28. The minimum Gasteiger partial charge on any atom is -0.410 e. The second kappa shape index (κ2) is 9.12. The first-order valence-corrected chi connectivity index (χ1v) is 10.6. The zero-order valence-corrected chi connectivity index (χ0v) is 16.8. The van der Waals surface area contributed by atoms with E-state index in [4.69, 9.17) is 4.74 Å². The van der Waals surface area contributed by atoms with E-state index in [9.17, 15) is 9.59 Å². The Kier molecular flexibility index (Phi) is 6.13. The summed E-state index contributed by atoms with van der Waals surface area (Å²) >= 11 is 0. The number of aryl methyl sites for hydroxylation is 1. The summed E-state index contributed by atoms with van der Waals surface area (Å²) in [4.78, 5) is 29.1. The van der Waals surface area contributed by atoms with Gasteiger partial charge in [0.05, 0.1) is 0 Å². The van der Waals surface area contributed by atoms with Crippen molar-refractivity contribution in [2.24, 2.45) is 0 Å². The van der Waals surface area contributed by atoms with Crippen LogP contribution in [0, 0.1) is 0 Å². The number of ether oxygens (including phenoxy) is 1. The molecule has 152 valence electrons. The summed E-state index contributed by atoms with van der Waals surface area (Å²) in [5.74, 6) is 1.06. The van der Waals surface area contributed by atoms with E-state index in [2.05, 4.69) is 24.3 Å². The first-order chi connectivity index (χ1) is 14.2. The highest BCUT2D eigenvalue weighted by atomic mass is 16.6. The summed E-state index contributed by atoms with van der Waals surface area (Å²) in [7, 11) is 0. The standard InChI is InChI=1S/C24H28N2O3/c27-23(18-20-10-6-9-19-8-4-5-13-22(19)20)25-14-7-15-26(17-16-25)24(28)29-21-11-2-1-3-12-21/h1-5,8,11-13,20H,6-7,9-10,14-18H2. The molecule has 1 atom stereocenters. The number of fused-ring (bicyclic) bond motifs is 1. The quantitative estimate of drug-likeness (QED) is 0.785. The van der Waals surface area contributed by atoms with Gasteiger partial charge >= 0.3 is 6.09 Å². The van der Waals surface area contributed by atoms with E-state index in [-0.39, 0.29) is 12.0 Å². The van der Waals surface area contributed by atoms with E-state index in [1.54, 1.807) is 17.0 Å². The topological polar surface area (TPSA) is 49.9 Å². The summed E-state index contributed by atoms with van der Waals surface area (Å²) in [6.45, 7) is 2.39. The summed E-state index contributed by atoms with van der Waals surface area (Å²) in [6, 6.07) is 17.6. The zero-order chi connectivity index (χ0) is 20.1. The third kappa shape index (κ3) is 4.78. The average Bonchev–Trinajstić information content (AvgIpc) is 3.01. The monoisotopic (exact) mass is 392 g/mol. The third-order valence-electron chi connectivity index (χ3n) is 5.97. The van der Waals surface area contributed by atoms with Crippen LogP contribution < -0.4 is 4.74 Å². The highest BCUT2D eigenvalue weighted by Crippen LogP contribution is 2.34. The molecule has 1 unspecified atom stereocenters. The zero-order valence-electron chi connectivity index (χ0n) is 16.8. The summed E-state index contributed by atoms with van der Waals surface area (Å²) < 4.78 is 5.45. The van der Waals surface area contributed by atoms with E-state index < -0.39 is 0 Å². The molecule has 2 amide bonds. The molecule has 1 aliphatic carbocycles. The minimum atomic E-state index is -0.341. The van der Waals surface area contributed by atoms with Crippen LogP contribution in [0.1, 0.15) is 42.7 Å². The molecule has 1 heterocycles. The van der Waals surface area contributed by atoms with Crippen LogP contribution in [0.25, 0.3) is 0 Å². The molecule has 2 aromatic carbocycles. The Hall–Kier alpha value is -2.82. The molecule has 0 radical (unpaired) electrons. The number of amides is 2. The van der Waals surface area contributed by atoms with Crippen LogP contribution in [0.3, 0.4) is 0 Å². The summed E-state index contributed by atoms with van der Waals surface area (Å²) in [5.41, 5.74) is 2.73.